The number of methoxy groups -OCH3 is 1. The Morgan fingerprint density at radius 2 is 1.80 bits per heavy atom. The third kappa shape index (κ3) is 5.82. The lowest BCUT2D eigenvalue weighted by Gasteiger charge is -2.39. The Labute approximate surface area is 241 Å². The van der Waals surface area contributed by atoms with E-state index < -0.39 is 17.6 Å². The van der Waals surface area contributed by atoms with Crippen molar-refractivity contribution in [3.63, 3.8) is 0 Å². The van der Waals surface area contributed by atoms with E-state index >= 15 is 0 Å². The predicted molar refractivity (Wildman–Crippen MR) is 162 cm³/mol. The highest BCUT2D eigenvalue weighted by molar-refractivity contribution is 5.86. The van der Waals surface area contributed by atoms with Crippen molar-refractivity contribution in [3.05, 3.63) is 113 Å². The van der Waals surface area contributed by atoms with Crippen LogP contribution in [0.3, 0.4) is 0 Å². The zero-order valence-corrected chi connectivity index (χ0v) is 23.8. The second kappa shape index (κ2) is 12.1. The predicted octanol–water partition coefficient (Wildman–Crippen LogP) is 5.98. The van der Waals surface area contributed by atoms with Crippen LogP contribution in [0.2, 0.25) is 0 Å². The quantitative estimate of drug-likeness (QED) is 0.266. The van der Waals surface area contributed by atoms with E-state index in [1.54, 1.807) is 13.3 Å². The molecule has 2 N–H and O–H groups in total. The van der Waals surface area contributed by atoms with Gasteiger partial charge in [0.25, 0.3) is 0 Å². The van der Waals surface area contributed by atoms with Crippen LogP contribution in [0.25, 0.3) is 16.3 Å². The molecule has 2 heterocycles. The van der Waals surface area contributed by atoms with Crippen molar-refractivity contribution in [1.82, 2.24) is 14.8 Å². The molecule has 0 saturated carbocycles. The number of hydrogen-bond acceptors (Lipinski definition) is 5. The van der Waals surface area contributed by atoms with Gasteiger partial charge in [0, 0.05) is 37.3 Å². The van der Waals surface area contributed by atoms with Gasteiger partial charge in [0.2, 0.25) is 5.88 Å². The molecule has 7 nitrogen and oxygen atoms in total. The van der Waals surface area contributed by atoms with E-state index in [-0.39, 0.29) is 0 Å². The highest BCUT2D eigenvalue weighted by Gasteiger charge is 2.43. The van der Waals surface area contributed by atoms with Gasteiger partial charge in [0.1, 0.15) is 5.60 Å². The lowest BCUT2D eigenvalue weighted by atomic mass is 9.70. The first-order valence-electron chi connectivity index (χ1n) is 13.9. The minimum atomic E-state index is -1.32. The number of amides is 1. The van der Waals surface area contributed by atoms with Crippen LogP contribution in [-0.4, -0.2) is 71.9 Å². The van der Waals surface area contributed by atoms with Gasteiger partial charge in [-0.3, -0.25) is 0 Å². The van der Waals surface area contributed by atoms with Crippen molar-refractivity contribution in [2.75, 3.05) is 40.8 Å². The van der Waals surface area contributed by atoms with E-state index in [2.05, 4.69) is 29.2 Å². The van der Waals surface area contributed by atoms with Crippen LogP contribution >= 0.6 is 0 Å². The van der Waals surface area contributed by atoms with Crippen LogP contribution in [0.1, 0.15) is 41.0 Å². The van der Waals surface area contributed by atoms with Gasteiger partial charge in [-0.1, -0.05) is 78.9 Å². The van der Waals surface area contributed by atoms with Crippen LogP contribution in [-0.2, 0) is 5.60 Å². The van der Waals surface area contributed by atoms with Gasteiger partial charge in [-0.05, 0) is 66.0 Å². The number of carbonyl (C=O) groups is 1. The Bertz CT molecular complexity index is 1550. The van der Waals surface area contributed by atoms with E-state index in [1.165, 1.54) is 4.90 Å². The summed E-state index contributed by atoms with van der Waals surface area (Å²) in [5.74, 6) is -0.0498. The minimum Gasteiger partial charge on any atom is -0.481 e. The number of nitrogens with zero attached hydrogens (tertiary/aromatic N) is 3. The van der Waals surface area contributed by atoms with Crippen LogP contribution < -0.4 is 4.74 Å². The lowest BCUT2D eigenvalue weighted by molar-refractivity contribution is 0.00514. The molecule has 0 spiro atoms. The van der Waals surface area contributed by atoms with Gasteiger partial charge in [0.15, 0.2) is 0 Å². The van der Waals surface area contributed by atoms with Crippen molar-refractivity contribution in [1.29, 1.82) is 0 Å². The molecular weight excluding hydrogens is 514 g/mol. The lowest BCUT2D eigenvalue weighted by Crippen LogP contribution is -2.38. The molecule has 1 aromatic heterocycles. The molecule has 0 saturated heterocycles. The first-order chi connectivity index (χ1) is 19.8. The fraction of sp³-hybridized carbons (Fsp3) is 0.294. The van der Waals surface area contributed by atoms with Crippen molar-refractivity contribution in [2.24, 2.45) is 0 Å². The highest BCUT2D eigenvalue weighted by Crippen LogP contribution is 2.48. The zero-order valence-electron chi connectivity index (χ0n) is 23.8. The number of pyridine rings is 1. The fourth-order valence-electron chi connectivity index (χ4n) is 5.92. The molecule has 212 valence electrons. The van der Waals surface area contributed by atoms with E-state index in [4.69, 9.17) is 9.72 Å². The van der Waals surface area contributed by atoms with Gasteiger partial charge in [-0.15, -0.1) is 0 Å². The third-order valence-electron chi connectivity index (χ3n) is 8.04. The molecule has 0 fully saturated rings. The molecule has 5 rings (SSSR count). The van der Waals surface area contributed by atoms with Crippen LogP contribution in [0, 0.1) is 0 Å². The zero-order chi connectivity index (χ0) is 29.0. The monoisotopic (exact) mass is 551 g/mol. The summed E-state index contributed by atoms with van der Waals surface area (Å²) in [7, 11) is 5.63. The normalized spacial score (nSPS) is 15.8. The van der Waals surface area contributed by atoms with Gasteiger partial charge in [0.05, 0.1) is 7.11 Å². The van der Waals surface area contributed by atoms with E-state index in [0.717, 1.165) is 38.6 Å². The first kappa shape index (κ1) is 28.3. The second-order valence-electron chi connectivity index (χ2n) is 10.9. The first-order valence-corrected chi connectivity index (χ1v) is 13.9. The van der Waals surface area contributed by atoms with Gasteiger partial charge < -0.3 is 24.7 Å². The molecule has 41 heavy (non-hydrogen) atoms. The van der Waals surface area contributed by atoms with Crippen LogP contribution in [0.15, 0.2) is 91.1 Å². The minimum absolute atomic E-state index is 0.330. The summed E-state index contributed by atoms with van der Waals surface area (Å²) in [5, 5.41) is 24.6. The summed E-state index contributed by atoms with van der Waals surface area (Å²) in [5.41, 5.74) is 3.21. The Balaban J connectivity index is 1.73. The van der Waals surface area contributed by atoms with Crippen molar-refractivity contribution in [2.45, 2.75) is 24.4 Å². The number of aliphatic hydroxyl groups is 1. The summed E-state index contributed by atoms with van der Waals surface area (Å²) in [6.07, 6.45) is 3.87. The molecule has 4 aromatic rings. The molecule has 2 unspecified atom stereocenters. The number of ether oxygens (including phenoxy) is 1. The third-order valence-corrected chi connectivity index (χ3v) is 8.04. The van der Waals surface area contributed by atoms with E-state index in [1.807, 2.05) is 74.8 Å². The SMILES string of the molecule is COc1ncc(C2=CCN(C(=O)O)CC2)cc1C(c1ccccc1)C(O)(CCN(C)C)c1cccc2ccccc12. The smallest absolute Gasteiger partial charge is 0.407 e. The molecule has 1 amide bonds. The Morgan fingerprint density at radius 3 is 2.49 bits per heavy atom. The summed E-state index contributed by atoms with van der Waals surface area (Å²) in [6.45, 7) is 1.42. The maximum atomic E-state index is 13.1. The number of benzene rings is 3. The highest BCUT2D eigenvalue weighted by atomic mass is 16.5. The van der Waals surface area contributed by atoms with Crippen molar-refractivity contribution >= 4 is 22.4 Å². The maximum absolute atomic E-state index is 13.1. The van der Waals surface area contributed by atoms with Gasteiger partial charge >= 0.3 is 6.09 Å². The fourth-order valence-corrected chi connectivity index (χ4v) is 5.92. The van der Waals surface area contributed by atoms with Crippen LogP contribution in [0.5, 0.6) is 5.88 Å². The average Bonchev–Trinajstić information content (AvgIpc) is 3.00. The molecule has 1 aliphatic rings. The molecule has 0 aliphatic carbocycles. The van der Waals surface area contributed by atoms with Crippen molar-refractivity contribution in [3.8, 4) is 5.88 Å². The molecule has 3 aromatic carbocycles. The maximum Gasteiger partial charge on any atom is 0.407 e. The molecule has 0 radical (unpaired) electrons. The molecule has 7 heteroatoms. The topological polar surface area (TPSA) is 86.1 Å². The van der Waals surface area contributed by atoms with E-state index in [0.29, 0.717) is 38.4 Å². The Hall–Kier alpha value is -4.20. The summed E-state index contributed by atoms with van der Waals surface area (Å²) >= 11 is 0. The number of aromatic nitrogens is 1. The molecule has 2 atom stereocenters. The number of rotatable bonds is 9. The average molecular weight is 552 g/mol. The van der Waals surface area contributed by atoms with E-state index in [9.17, 15) is 15.0 Å². The largest absolute Gasteiger partial charge is 0.481 e. The summed E-state index contributed by atoms with van der Waals surface area (Å²) in [4.78, 5) is 19.7. The van der Waals surface area contributed by atoms with Crippen LogP contribution in [0.4, 0.5) is 4.79 Å². The number of hydrogen-bond donors (Lipinski definition) is 2. The number of carboxylic acid groups (broad SMARTS) is 1. The second-order valence-corrected chi connectivity index (χ2v) is 10.9. The summed E-state index contributed by atoms with van der Waals surface area (Å²) in [6, 6.07) is 26.4. The molecule has 0 bridgehead atoms. The summed E-state index contributed by atoms with van der Waals surface area (Å²) < 4.78 is 5.84. The Kier molecular flexibility index (Phi) is 8.38. The molecule has 1 aliphatic heterocycles. The Morgan fingerprint density at radius 1 is 1.07 bits per heavy atom. The van der Waals surface area contributed by atoms with Gasteiger partial charge in [-0.25, -0.2) is 9.78 Å². The molecular formula is C34H37N3O4. The number of fused-ring (bicyclic) bond motifs is 1. The van der Waals surface area contributed by atoms with Crippen molar-refractivity contribution < 1.29 is 19.7 Å². The standard InChI is InChI=1S/C34H37N3O4/c1-36(2)21-18-34(40,30-15-9-13-25-10-7-8-14-28(25)30)31(26-11-5-4-6-12-26)29-22-27(23-35-32(29)41-3)24-16-19-37(20-17-24)33(38)39/h4-16,22-23,31,40H,17-21H2,1-3H3,(H,38,39). The van der Waals surface area contributed by atoms with Gasteiger partial charge in [-0.2, -0.15) is 0 Å².